The summed E-state index contributed by atoms with van der Waals surface area (Å²) in [5, 5.41) is 2.63. The summed E-state index contributed by atoms with van der Waals surface area (Å²) in [5.74, 6) is 5.16. The molecule has 0 aromatic heterocycles. The lowest BCUT2D eigenvalue weighted by atomic mass is 9.98. The Balaban J connectivity index is 1.35. The topological polar surface area (TPSA) is 90.6 Å². The number of hydrogen-bond acceptors (Lipinski definition) is 5. The summed E-state index contributed by atoms with van der Waals surface area (Å²) in [6.07, 6.45) is -0.544. The molecule has 0 heterocycles. The van der Waals surface area contributed by atoms with Gasteiger partial charge in [0.05, 0.1) is 24.9 Å². The van der Waals surface area contributed by atoms with Crippen molar-refractivity contribution in [3.05, 3.63) is 89.0 Å². The predicted molar refractivity (Wildman–Crippen MR) is 122 cm³/mol. The molecule has 0 bridgehead atoms. The van der Waals surface area contributed by atoms with E-state index in [1.54, 1.807) is 18.2 Å². The minimum Gasteiger partial charge on any atom is -0.465 e. The Morgan fingerprint density at radius 3 is 2.28 bits per heavy atom. The minimum absolute atomic E-state index is 0.0000869. The smallest absolute Gasteiger partial charge is 0.407 e. The zero-order chi connectivity index (χ0) is 22.5. The Kier molecular flexibility index (Phi) is 6.09. The lowest BCUT2D eigenvalue weighted by molar-refractivity contribution is 0.0602. The van der Waals surface area contributed by atoms with Crippen LogP contribution < -0.4 is 11.1 Å². The number of anilines is 1. The van der Waals surface area contributed by atoms with E-state index in [1.165, 1.54) is 18.2 Å². The highest BCUT2D eigenvalue weighted by Gasteiger charge is 2.28. The van der Waals surface area contributed by atoms with E-state index in [9.17, 15) is 9.59 Å². The van der Waals surface area contributed by atoms with Crippen LogP contribution in [0.25, 0.3) is 11.1 Å². The first-order chi connectivity index (χ1) is 15.6. The number of esters is 1. The van der Waals surface area contributed by atoms with Gasteiger partial charge in [-0.15, -0.1) is 0 Å². The number of para-hydroxylation sites is 1. The first kappa shape index (κ1) is 21.0. The first-order valence-electron chi connectivity index (χ1n) is 10.1. The van der Waals surface area contributed by atoms with E-state index in [2.05, 4.69) is 41.4 Å². The molecule has 0 radical (unpaired) electrons. The highest BCUT2D eigenvalue weighted by atomic mass is 16.5. The van der Waals surface area contributed by atoms with Gasteiger partial charge in [-0.2, -0.15) is 0 Å². The van der Waals surface area contributed by atoms with Gasteiger partial charge in [0.1, 0.15) is 6.61 Å². The number of carbonyl (C=O) groups excluding carboxylic acids is 2. The van der Waals surface area contributed by atoms with Gasteiger partial charge in [0, 0.05) is 11.5 Å². The summed E-state index contributed by atoms with van der Waals surface area (Å²) in [6, 6.07) is 21.3. The second-order valence-corrected chi connectivity index (χ2v) is 7.24. The highest BCUT2D eigenvalue weighted by Crippen LogP contribution is 2.44. The van der Waals surface area contributed by atoms with Crippen molar-refractivity contribution in [2.24, 2.45) is 0 Å². The van der Waals surface area contributed by atoms with Gasteiger partial charge in [0.25, 0.3) is 0 Å². The minimum atomic E-state index is -0.544. The van der Waals surface area contributed by atoms with Gasteiger partial charge in [-0.3, -0.25) is 0 Å². The Bertz CT molecular complexity index is 1190. The largest absolute Gasteiger partial charge is 0.465 e. The molecule has 1 amide bonds. The second kappa shape index (κ2) is 9.27. The molecule has 3 aromatic carbocycles. The van der Waals surface area contributed by atoms with Gasteiger partial charge in [0.2, 0.25) is 0 Å². The first-order valence-corrected chi connectivity index (χ1v) is 10.1. The number of alkyl carbamates (subject to hydrolysis) is 1. The molecule has 0 aliphatic heterocycles. The molecular weight excluding hydrogens is 404 g/mol. The number of nitrogen functional groups attached to an aromatic ring is 1. The Labute approximate surface area is 186 Å². The summed E-state index contributed by atoms with van der Waals surface area (Å²) in [4.78, 5) is 23.9. The number of fused-ring (bicyclic) bond motifs is 3. The maximum Gasteiger partial charge on any atom is 0.407 e. The molecule has 3 N–H and O–H groups in total. The summed E-state index contributed by atoms with van der Waals surface area (Å²) in [5.41, 5.74) is 11.6. The Morgan fingerprint density at radius 1 is 0.969 bits per heavy atom. The summed E-state index contributed by atoms with van der Waals surface area (Å²) < 4.78 is 10.2. The third-order valence-corrected chi connectivity index (χ3v) is 5.40. The molecule has 160 valence electrons. The zero-order valence-electron chi connectivity index (χ0n) is 17.6. The van der Waals surface area contributed by atoms with Gasteiger partial charge < -0.3 is 20.5 Å². The molecule has 1 aliphatic rings. The third-order valence-electron chi connectivity index (χ3n) is 5.40. The van der Waals surface area contributed by atoms with E-state index < -0.39 is 12.1 Å². The number of nitrogens with one attached hydrogen (secondary N) is 1. The van der Waals surface area contributed by atoms with Crippen LogP contribution in [0.1, 0.15) is 33.0 Å². The quantitative estimate of drug-likeness (QED) is 0.375. The standard InChI is InChI=1S/C26H22N2O4/c1-31-25(29)22-14-6-8-17(24(22)27)9-7-15-28-26(30)32-16-23-20-12-4-2-10-18(20)19-11-3-5-13-21(19)23/h2-6,8,10-14,23H,15-16,27H2,1H3,(H,28,30). The molecule has 0 spiro atoms. The number of carbonyl (C=O) groups is 2. The zero-order valence-corrected chi connectivity index (χ0v) is 17.6. The lowest BCUT2D eigenvalue weighted by Gasteiger charge is -2.14. The molecule has 0 unspecified atom stereocenters. The van der Waals surface area contributed by atoms with E-state index in [-0.39, 0.29) is 30.3 Å². The van der Waals surface area contributed by atoms with Crippen molar-refractivity contribution in [2.75, 3.05) is 26.0 Å². The Morgan fingerprint density at radius 2 is 1.62 bits per heavy atom. The SMILES string of the molecule is COC(=O)c1cccc(C#CCNC(=O)OCC2c3ccccc3-c3ccccc32)c1N. The summed E-state index contributed by atoms with van der Waals surface area (Å²) >= 11 is 0. The van der Waals surface area contributed by atoms with Crippen LogP contribution in [0.3, 0.4) is 0 Å². The average Bonchev–Trinajstić information content (AvgIpc) is 3.14. The van der Waals surface area contributed by atoms with Crippen LogP contribution in [0.2, 0.25) is 0 Å². The fourth-order valence-corrected chi connectivity index (χ4v) is 3.87. The Hall–Kier alpha value is -4.24. The molecule has 6 nitrogen and oxygen atoms in total. The van der Waals surface area contributed by atoms with Crippen LogP contribution in [-0.2, 0) is 9.47 Å². The highest BCUT2D eigenvalue weighted by molar-refractivity contribution is 5.96. The van der Waals surface area contributed by atoms with Crippen LogP contribution in [0.5, 0.6) is 0 Å². The molecule has 4 rings (SSSR count). The molecule has 1 aliphatic carbocycles. The van der Waals surface area contributed by atoms with Crippen molar-refractivity contribution < 1.29 is 19.1 Å². The van der Waals surface area contributed by atoms with Crippen molar-refractivity contribution in [3.8, 4) is 23.0 Å². The number of benzene rings is 3. The van der Waals surface area contributed by atoms with E-state index >= 15 is 0 Å². The van der Waals surface area contributed by atoms with Crippen LogP contribution in [0.4, 0.5) is 10.5 Å². The number of hydrogen-bond donors (Lipinski definition) is 2. The van der Waals surface area contributed by atoms with Crippen LogP contribution in [-0.4, -0.2) is 32.3 Å². The van der Waals surface area contributed by atoms with Crippen molar-refractivity contribution in [2.45, 2.75) is 5.92 Å². The monoisotopic (exact) mass is 426 g/mol. The fraction of sp³-hybridized carbons (Fsp3) is 0.154. The fourth-order valence-electron chi connectivity index (χ4n) is 3.87. The molecule has 0 saturated heterocycles. The number of nitrogens with two attached hydrogens (primary N) is 1. The normalized spacial score (nSPS) is 11.5. The number of rotatable bonds is 4. The number of methoxy groups -OCH3 is 1. The molecule has 3 aromatic rings. The van der Waals surface area contributed by atoms with Crippen molar-refractivity contribution in [1.82, 2.24) is 5.32 Å². The van der Waals surface area contributed by atoms with Crippen LogP contribution in [0.15, 0.2) is 66.7 Å². The number of amides is 1. The van der Waals surface area contributed by atoms with Crippen LogP contribution >= 0.6 is 0 Å². The lowest BCUT2D eigenvalue weighted by Crippen LogP contribution is -2.26. The number of ether oxygens (including phenoxy) is 2. The summed E-state index contributed by atoms with van der Waals surface area (Å²) in [7, 11) is 1.29. The van der Waals surface area contributed by atoms with E-state index in [4.69, 9.17) is 15.2 Å². The van der Waals surface area contributed by atoms with E-state index in [1.807, 2.05) is 24.3 Å². The average molecular weight is 426 g/mol. The molecule has 32 heavy (non-hydrogen) atoms. The van der Waals surface area contributed by atoms with Gasteiger partial charge in [-0.05, 0) is 34.4 Å². The van der Waals surface area contributed by atoms with Crippen molar-refractivity contribution in [3.63, 3.8) is 0 Å². The molecule has 0 atom stereocenters. The van der Waals surface area contributed by atoms with Crippen molar-refractivity contribution in [1.29, 1.82) is 0 Å². The molecule has 0 saturated carbocycles. The van der Waals surface area contributed by atoms with Gasteiger partial charge in [-0.25, -0.2) is 9.59 Å². The second-order valence-electron chi connectivity index (χ2n) is 7.24. The maximum absolute atomic E-state index is 12.2. The van der Waals surface area contributed by atoms with Gasteiger partial charge >= 0.3 is 12.1 Å². The van der Waals surface area contributed by atoms with Gasteiger partial charge in [0.15, 0.2) is 0 Å². The molecule has 6 heteroatoms. The molecule has 0 fully saturated rings. The molecular formula is C26H22N2O4. The van der Waals surface area contributed by atoms with Gasteiger partial charge in [-0.1, -0.05) is 66.4 Å². The summed E-state index contributed by atoms with van der Waals surface area (Å²) in [6.45, 7) is 0.319. The maximum atomic E-state index is 12.2. The third kappa shape index (κ3) is 4.14. The van der Waals surface area contributed by atoms with E-state index in [0.717, 1.165) is 11.1 Å². The predicted octanol–water partition coefficient (Wildman–Crippen LogP) is 3.95. The van der Waals surface area contributed by atoms with Crippen LogP contribution in [0, 0.1) is 11.8 Å². The van der Waals surface area contributed by atoms with Crippen molar-refractivity contribution >= 4 is 17.7 Å². The van der Waals surface area contributed by atoms with E-state index in [0.29, 0.717) is 5.56 Å².